The maximum atomic E-state index is 12.4. The van der Waals surface area contributed by atoms with Crippen molar-refractivity contribution in [3.8, 4) is 0 Å². The lowest BCUT2D eigenvalue weighted by Gasteiger charge is -2.13. The molecule has 3 N–H and O–H groups in total. The first-order chi connectivity index (χ1) is 9.81. The standard InChI is InChI=1S/C13H18N4O3S/c1-8-4-5-9(2)13(12(8)14)21(18,19)15-7-6-11-16-10(3)20-17-11/h4-5,15H,6-7,14H2,1-3H3. The molecule has 0 spiro atoms. The largest absolute Gasteiger partial charge is 0.397 e. The van der Waals surface area contributed by atoms with Crippen LogP contribution in [0.2, 0.25) is 0 Å². The number of aromatic nitrogens is 2. The Morgan fingerprint density at radius 3 is 2.52 bits per heavy atom. The summed E-state index contributed by atoms with van der Waals surface area (Å²) in [6, 6.07) is 3.54. The van der Waals surface area contributed by atoms with Gasteiger partial charge in [0.1, 0.15) is 4.90 Å². The summed E-state index contributed by atoms with van der Waals surface area (Å²) < 4.78 is 32.1. The van der Waals surface area contributed by atoms with Gasteiger partial charge in [-0.2, -0.15) is 4.98 Å². The minimum absolute atomic E-state index is 0.131. The molecule has 0 radical (unpaired) electrons. The highest BCUT2D eigenvalue weighted by atomic mass is 32.2. The lowest BCUT2D eigenvalue weighted by molar-refractivity contribution is 0.387. The monoisotopic (exact) mass is 310 g/mol. The number of nitrogens with zero attached hydrogens (tertiary/aromatic N) is 2. The van der Waals surface area contributed by atoms with E-state index < -0.39 is 10.0 Å². The zero-order chi connectivity index (χ0) is 15.6. The molecule has 2 aromatic rings. The van der Waals surface area contributed by atoms with Crippen molar-refractivity contribution in [2.75, 3.05) is 12.3 Å². The second-order valence-electron chi connectivity index (χ2n) is 4.82. The molecule has 0 fully saturated rings. The molecule has 0 aliphatic carbocycles. The van der Waals surface area contributed by atoms with Crippen LogP contribution in [-0.4, -0.2) is 25.1 Å². The van der Waals surface area contributed by atoms with Gasteiger partial charge in [-0.15, -0.1) is 0 Å². The lowest BCUT2D eigenvalue weighted by Crippen LogP contribution is -2.28. The minimum Gasteiger partial charge on any atom is -0.397 e. The van der Waals surface area contributed by atoms with E-state index in [4.69, 9.17) is 10.3 Å². The maximum Gasteiger partial charge on any atom is 0.242 e. The summed E-state index contributed by atoms with van der Waals surface area (Å²) in [6.45, 7) is 5.34. The predicted molar refractivity (Wildman–Crippen MR) is 78.3 cm³/mol. The van der Waals surface area contributed by atoms with Gasteiger partial charge in [0.25, 0.3) is 0 Å². The van der Waals surface area contributed by atoms with Crippen LogP contribution >= 0.6 is 0 Å². The molecule has 1 heterocycles. The van der Waals surface area contributed by atoms with Crippen LogP contribution in [0.3, 0.4) is 0 Å². The first-order valence-corrected chi connectivity index (χ1v) is 7.94. The van der Waals surface area contributed by atoms with E-state index in [9.17, 15) is 8.42 Å². The van der Waals surface area contributed by atoms with E-state index in [-0.39, 0.29) is 17.1 Å². The Labute approximate surface area is 123 Å². The third-order valence-electron chi connectivity index (χ3n) is 3.09. The first kappa shape index (κ1) is 15.5. The van der Waals surface area contributed by atoms with Crippen molar-refractivity contribution in [2.24, 2.45) is 0 Å². The number of nitrogen functional groups attached to an aromatic ring is 1. The Balaban J connectivity index is 2.14. The average molecular weight is 310 g/mol. The molecular weight excluding hydrogens is 292 g/mol. The normalized spacial score (nSPS) is 11.8. The number of benzene rings is 1. The minimum atomic E-state index is -3.67. The van der Waals surface area contributed by atoms with E-state index in [1.54, 1.807) is 32.9 Å². The molecule has 0 bridgehead atoms. The zero-order valence-corrected chi connectivity index (χ0v) is 13.0. The lowest BCUT2D eigenvalue weighted by atomic mass is 10.1. The maximum absolute atomic E-state index is 12.4. The number of anilines is 1. The summed E-state index contributed by atoms with van der Waals surface area (Å²) in [7, 11) is -3.67. The molecule has 114 valence electrons. The molecule has 0 unspecified atom stereocenters. The van der Waals surface area contributed by atoms with Gasteiger partial charge in [-0.25, -0.2) is 13.1 Å². The van der Waals surface area contributed by atoms with Crippen molar-refractivity contribution in [1.82, 2.24) is 14.9 Å². The van der Waals surface area contributed by atoms with Crippen molar-refractivity contribution in [2.45, 2.75) is 32.1 Å². The number of hydrogen-bond donors (Lipinski definition) is 2. The summed E-state index contributed by atoms with van der Waals surface area (Å²) in [5.74, 6) is 0.913. The van der Waals surface area contributed by atoms with Gasteiger partial charge in [0, 0.05) is 19.9 Å². The summed E-state index contributed by atoms with van der Waals surface area (Å²) in [5.41, 5.74) is 7.52. The van der Waals surface area contributed by atoms with Crippen LogP contribution in [0.15, 0.2) is 21.6 Å². The topological polar surface area (TPSA) is 111 Å². The fourth-order valence-electron chi connectivity index (χ4n) is 1.98. The van der Waals surface area contributed by atoms with Gasteiger partial charge >= 0.3 is 0 Å². The van der Waals surface area contributed by atoms with Gasteiger partial charge in [0.2, 0.25) is 15.9 Å². The van der Waals surface area contributed by atoms with Crippen LogP contribution in [-0.2, 0) is 16.4 Å². The zero-order valence-electron chi connectivity index (χ0n) is 12.2. The Hall–Kier alpha value is -1.93. The Morgan fingerprint density at radius 1 is 1.24 bits per heavy atom. The van der Waals surface area contributed by atoms with Crippen LogP contribution in [0.4, 0.5) is 5.69 Å². The molecule has 8 heteroatoms. The molecular formula is C13H18N4O3S. The number of sulfonamides is 1. The van der Waals surface area contributed by atoms with Crippen LogP contribution in [0.25, 0.3) is 0 Å². The highest BCUT2D eigenvalue weighted by molar-refractivity contribution is 7.89. The molecule has 1 aromatic heterocycles. The van der Waals surface area contributed by atoms with Crippen molar-refractivity contribution >= 4 is 15.7 Å². The Bertz CT molecular complexity index is 753. The van der Waals surface area contributed by atoms with Gasteiger partial charge in [-0.1, -0.05) is 17.3 Å². The van der Waals surface area contributed by atoms with Gasteiger partial charge in [0.15, 0.2) is 5.82 Å². The van der Waals surface area contributed by atoms with Crippen LogP contribution in [0, 0.1) is 20.8 Å². The van der Waals surface area contributed by atoms with Crippen molar-refractivity contribution in [3.63, 3.8) is 0 Å². The number of nitrogens with two attached hydrogens (primary N) is 1. The van der Waals surface area contributed by atoms with Crippen LogP contribution < -0.4 is 10.5 Å². The molecule has 0 amide bonds. The fraction of sp³-hybridized carbons (Fsp3) is 0.385. The Kier molecular flexibility index (Phi) is 4.29. The number of rotatable bonds is 5. The summed E-state index contributed by atoms with van der Waals surface area (Å²) in [5, 5.41) is 3.71. The highest BCUT2D eigenvalue weighted by Gasteiger charge is 2.21. The van der Waals surface area contributed by atoms with E-state index in [0.29, 0.717) is 23.7 Å². The quantitative estimate of drug-likeness (QED) is 0.800. The number of aryl methyl sites for hydroxylation is 3. The summed E-state index contributed by atoms with van der Waals surface area (Å²) in [6.07, 6.45) is 0.349. The number of hydrogen-bond acceptors (Lipinski definition) is 6. The summed E-state index contributed by atoms with van der Waals surface area (Å²) >= 11 is 0. The van der Waals surface area contributed by atoms with E-state index in [0.717, 1.165) is 5.56 Å². The third kappa shape index (κ3) is 3.40. The second-order valence-corrected chi connectivity index (χ2v) is 6.52. The molecule has 7 nitrogen and oxygen atoms in total. The fourth-order valence-corrected chi connectivity index (χ4v) is 3.43. The van der Waals surface area contributed by atoms with Crippen LogP contribution in [0.1, 0.15) is 22.8 Å². The molecule has 0 saturated carbocycles. The summed E-state index contributed by atoms with van der Waals surface area (Å²) in [4.78, 5) is 4.15. The molecule has 0 atom stereocenters. The molecule has 21 heavy (non-hydrogen) atoms. The van der Waals surface area contributed by atoms with Crippen molar-refractivity contribution < 1.29 is 12.9 Å². The van der Waals surface area contributed by atoms with Gasteiger partial charge in [-0.05, 0) is 25.0 Å². The second kappa shape index (κ2) is 5.82. The van der Waals surface area contributed by atoms with E-state index in [2.05, 4.69) is 14.9 Å². The van der Waals surface area contributed by atoms with Gasteiger partial charge in [0.05, 0.1) is 5.69 Å². The SMILES string of the molecule is Cc1nc(CCNS(=O)(=O)c2c(C)ccc(C)c2N)no1. The number of nitrogens with one attached hydrogen (secondary N) is 1. The molecule has 1 aromatic carbocycles. The van der Waals surface area contributed by atoms with Crippen LogP contribution in [0.5, 0.6) is 0 Å². The predicted octanol–water partition coefficient (Wildman–Crippen LogP) is 1.10. The molecule has 0 aliphatic rings. The molecule has 0 saturated heterocycles. The van der Waals surface area contributed by atoms with E-state index in [1.807, 2.05) is 0 Å². The van der Waals surface area contributed by atoms with E-state index >= 15 is 0 Å². The van der Waals surface area contributed by atoms with Gasteiger partial charge < -0.3 is 10.3 Å². The van der Waals surface area contributed by atoms with Gasteiger partial charge in [-0.3, -0.25) is 0 Å². The molecule has 0 aliphatic heterocycles. The molecule has 2 rings (SSSR count). The Morgan fingerprint density at radius 2 is 1.90 bits per heavy atom. The van der Waals surface area contributed by atoms with Crippen molar-refractivity contribution in [3.05, 3.63) is 35.0 Å². The third-order valence-corrected chi connectivity index (χ3v) is 4.75. The first-order valence-electron chi connectivity index (χ1n) is 6.46. The average Bonchev–Trinajstić information content (AvgIpc) is 2.80. The van der Waals surface area contributed by atoms with Crippen molar-refractivity contribution in [1.29, 1.82) is 0 Å². The highest BCUT2D eigenvalue weighted by Crippen LogP contribution is 2.25. The smallest absolute Gasteiger partial charge is 0.242 e. The van der Waals surface area contributed by atoms with E-state index in [1.165, 1.54) is 0 Å².